The van der Waals surface area contributed by atoms with Crippen molar-refractivity contribution in [3.05, 3.63) is 56.0 Å². The van der Waals surface area contributed by atoms with Gasteiger partial charge in [-0.15, -0.1) is 0 Å². The number of nitro benzene ring substituents is 1. The van der Waals surface area contributed by atoms with Gasteiger partial charge in [-0.1, -0.05) is 25.1 Å². The van der Waals surface area contributed by atoms with Crippen molar-refractivity contribution in [2.24, 2.45) is 0 Å². The molecule has 26 heavy (non-hydrogen) atoms. The van der Waals surface area contributed by atoms with Gasteiger partial charge in [-0.2, -0.15) is 0 Å². The molecule has 1 aromatic carbocycles. The Labute approximate surface area is 154 Å². The smallest absolute Gasteiger partial charge is 0.269 e. The second-order valence-corrected chi connectivity index (χ2v) is 6.70. The maximum Gasteiger partial charge on any atom is 0.269 e. The van der Waals surface area contributed by atoms with Crippen LogP contribution in [-0.2, 0) is 11.2 Å². The Morgan fingerprint density at radius 2 is 2.15 bits per heavy atom. The molecule has 0 saturated carbocycles. The predicted octanol–water partition coefficient (Wildman–Crippen LogP) is 3.06. The zero-order valence-corrected chi connectivity index (χ0v) is 15.4. The number of aryl methyl sites for hydroxylation is 2. The van der Waals surface area contributed by atoms with E-state index in [1.54, 1.807) is 6.92 Å². The predicted molar refractivity (Wildman–Crippen MR) is 101 cm³/mol. The molecule has 0 bridgehead atoms. The molecule has 0 saturated heterocycles. The van der Waals surface area contributed by atoms with Crippen molar-refractivity contribution < 1.29 is 9.72 Å². The second kappa shape index (κ2) is 9.14. The van der Waals surface area contributed by atoms with Gasteiger partial charge in [0.05, 0.1) is 10.7 Å². The summed E-state index contributed by atoms with van der Waals surface area (Å²) in [5, 5.41) is 13.9. The van der Waals surface area contributed by atoms with Gasteiger partial charge in [0.25, 0.3) is 11.2 Å². The molecule has 1 aromatic heterocycles. The molecule has 138 valence electrons. The van der Waals surface area contributed by atoms with Crippen molar-refractivity contribution in [1.82, 2.24) is 9.97 Å². The quantitative estimate of drug-likeness (QED) is 0.316. The van der Waals surface area contributed by atoms with E-state index in [9.17, 15) is 19.7 Å². The Kier molecular flexibility index (Phi) is 6.90. The fraction of sp³-hybridized carbons (Fsp3) is 0.353. The molecule has 1 amide bonds. The Bertz CT molecular complexity index is 866. The summed E-state index contributed by atoms with van der Waals surface area (Å²) >= 11 is 1.14. The molecular formula is C17H20N4O4S. The number of carbonyl (C=O) groups is 1. The lowest BCUT2D eigenvalue weighted by Crippen LogP contribution is -2.16. The van der Waals surface area contributed by atoms with Crippen molar-refractivity contribution in [1.29, 1.82) is 0 Å². The summed E-state index contributed by atoms with van der Waals surface area (Å²) < 4.78 is 0. The first-order chi connectivity index (χ1) is 12.4. The largest absolute Gasteiger partial charge is 0.325 e. The van der Waals surface area contributed by atoms with Crippen LogP contribution in [0.25, 0.3) is 0 Å². The molecule has 9 heteroatoms. The van der Waals surface area contributed by atoms with Gasteiger partial charge in [0.15, 0.2) is 5.16 Å². The molecule has 2 rings (SSSR count). The monoisotopic (exact) mass is 376 g/mol. The van der Waals surface area contributed by atoms with E-state index in [2.05, 4.69) is 22.2 Å². The van der Waals surface area contributed by atoms with Crippen LogP contribution in [0.2, 0.25) is 0 Å². The fourth-order valence-corrected chi connectivity index (χ4v) is 2.95. The van der Waals surface area contributed by atoms with E-state index in [1.165, 1.54) is 24.3 Å². The molecule has 2 aromatic rings. The number of amides is 1. The number of aromatic amines is 1. The van der Waals surface area contributed by atoms with Crippen LogP contribution < -0.4 is 10.9 Å². The third kappa shape index (κ3) is 5.69. The van der Waals surface area contributed by atoms with E-state index in [4.69, 9.17) is 0 Å². The Hall–Kier alpha value is -2.68. The van der Waals surface area contributed by atoms with Gasteiger partial charge in [-0.25, -0.2) is 4.98 Å². The Morgan fingerprint density at radius 1 is 1.38 bits per heavy atom. The third-order valence-corrected chi connectivity index (χ3v) is 4.47. The van der Waals surface area contributed by atoms with E-state index in [0.29, 0.717) is 22.1 Å². The number of hydrogen-bond acceptors (Lipinski definition) is 6. The maximum absolute atomic E-state index is 12.1. The number of aromatic nitrogens is 2. The van der Waals surface area contributed by atoms with Crippen LogP contribution in [0, 0.1) is 17.0 Å². The first-order valence-corrected chi connectivity index (χ1v) is 9.15. The number of rotatable bonds is 8. The number of nitrogens with zero attached hydrogens (tertiary/aromatic N) is 2. The number of thioether (sulfide) groups is 1. The first-order valence-electron chi connectivity index (χ1n) is 8.17. The van der Waals surface area contributed by atoms with Crippen molar-refractivity contribution in [2.45, 2.75) is 38.3 Å². The molecular weight excluding hydrogens is 356 g/mol. The van der Waals surface area contributed by atoms with E-state index in [1.807, 2.05) is 0 Å². The summed E-state index contributed by atoms with van der Waals surface area (Å²) in [4.78, 5) is 41.0. The molecule has 0 aliphatic heterocycles. The lowest BCUT2D eigenvalue weighted by Gasteiger charge is -2.08. The zero-order valence-electron chi connectivity index (χ0n) is 14.6. The standard InChI is InChI=1S/C17H20N4O4S/c1-3-4-5-12-9-15(22)20-17(18-12)26-10-16(23)19-14-7-6-13(21(24)25)8-11(14)2/h6-9H,3-5,10H2,1-2H3,(H,19,23)(H,18,20,22). The molecule has 2 N–H and O–H groups in total. The van der Waals surface area contributed by atoms with Gasteiger partial charge in [-0.05, 0) is 31.4 Å². The summed E-state index contributed by atoms with van der Waals surface area (Å²) in [6.45, 7) is 3.75. The molecule has 0 atom stereocenters. The molecule has 0 aliphatic carbocycles. The van der Waals surface area contributed by atoms with Crippen LogP contribution in [0.5, 0.6) is 0 Å². The number of hydrogen-bond donors (Lipinski definition) is 2. The molecule has 0 aliphatic rings. The normalized spacial score (nSPS) is 10.5. The SMILES string of the molecule is CCCCc1cc(=O)[nH]c(SCC(=O)Nc2ccc([N+](=O)[O-])cc2C)n1. The molecule has 8 nitrogen and oxygen atoms in total. The van der Waals surface area contributed by atoms with E-state index < -0.39 is 4.92 Å². The van der Waals surface area contributed by atoms with Crippen LogP contribution in [0.1, 0.15) is 31.0 Å². The number of carbonyl (C=O) groups excluding carboxylic acids is 1. The number of anilines is 1. The van der Waals surface area contributed by atoms with E-state index >= 15 is 0 Å². The van der Waals surface area contributed by atoms with E-state index in [-0.39, 0.29) is 22.9 Å². The molecule has 0 spiro atoms. The fourth-order valence-electron chi connectivity index (χ4n) is 2.26. The van der Waals surface area contributed by atoms with Crippen LogP contribution >= 0.6 is 11.8 Å². The van der Waals surface area contributed by atoms with Crippen molar-refractivity contribution in [3.63, 3.8) is 0 Å². The number of nitro groups is 1. The minimum Gasteiger partial charge on any atom is -0.325 e. The summed E-state index contributed by atoms with van der Waals surface area (Å²) in [5.74, 6) is -0.218. The molecule has 0 radical (unpaired) electrons. The van der Waals surface area contributed by atoms with E-state index in [0.717, 1.165) is 31.0 Å². The van der Waals surface area contributed by atoms with Crippen molar-refractivity contribution >= 4 is 29.0 Å². The van der Waals surface area contributed by atoms with Gasteiger partial charge in [-0.3, -0.25) is 19.7 Å². The van der Waals surface area contributed by atoms with Crippen molar-refractivity contribution in [2.75, 3.05) is 11.1 Å². The van der Waals surface area contributed by atoms with Crippen LogP contribution in [-0.4, -0.2) is 26.6 Å². The highest BCUT2D eigenvalue weighted by Gasteiger charge is 2.11. The number of unbranched alkanes of at least 4 members (excludes halogenated alkanes) is 1. The number of nitrogens with one attached hydrogen (secondary N) is 2. The Balaban J connectivity index is 1.98. The highest BCUT2D eigenvalue weighted by Crippen LogP contribution is 2.21. The van der Waals surface area contributed by atoms with Gasteiger partial charge < -0.3 is 10.3 Å². The molecule has 0 unspecified atom stereocenters. The number of non-ortho nitro benzene ring substituents is 1. The third-order valence-electron chi connectivity index (χ3n) is 3.59. The summed E-state index contributed by atoms with van der Waals surface area (Å²) in [6.07, 6.45) is 2.68. The minimum absolute atomic E-state index is 0.0273. The number of benzene rings is 1. The Morgan fingerprint density at radius 3 is 2.81 bits per heavy atom. The first kappa shape index (κ1) is 19.6. The molecule has 1 heterocycles. The highest BCUT2D eigenvalue weighted by atomic mass is 32.2. The second-order valence-electron chi connectivity index (χ2n) is 5.74. The average Bonchev–Trinajstić information content (AvgIpc) is 2.59. The average molecular weight is 376 g/mol. The lowest BCUT2D eigenvalue weighted by atomic mass is 10.2. The molecule has 0 fully saturated rings. The summed E-state index contributed by atoms with van der Waals surface area (Å²) in [7, 11) is 0. The highest BCUT2D eigenvalue weighted by molar-refractivity contribution is 7.99. The topological polar surface area (TPSA) is 118 Å². The van der Waals surface area contributed by atoms with Gasteiger partial charge in [0, 0.05) is 29.6 Å². The summed E-state index contributed by atoms with van der Waals surface area (Å²) in [6, 6.07) is 5.71. The maximum atomic E-state index is 12.1. The van der Waals surface area contributed by atoms with Gasteiger partial charge >= 0.3 is 0 Å². The van der Waals surface area contributed by atoms with Crippen LogP contribution in [0.4, 0.5) is 11.4 Å². The van der Waals surface area contributed by atoms with Crippen LogP contribution in [0.3, 0.4) is 0 Å². The lowest BCUT2D eigenvalue weighted by molar-refractivity contribution is -0.384. The van der Waals surface area contributed by atoms with Gasteiger partial charge in [0.1, 0.15) is 0 Å². The van der Waals surface area contributed by atoms with Crippen LogP contribution in [0.15, 0.2) is 34.2 Å². The number of H-pyrrole nitrogens is 1. The van der Waals surface area contributed by atoms with Crippen molar-refractivity contribution in [3.8, 4) is 0 Å². The minimum atomic E-state index is -0.484. The zero-order chi connectivity index (χ0) is 19.1. The van der Waals surface area contributed by atoms with Gasteiger partial charge in [0.2, 0.25) is 5.91 Å². The summed E-state index contributed by atoms with van der Waals surface area (Å²) in [5.41, 5.74) is 1.57.